The first kappa shape index (κ1) is 16.9. The Balaban J connectivity index is 2.04. The Morgan fingerprint density at radius 1 is 1.45 bits per heavy atom. The quantitative estimate of drug-likeness (QED) is 0.635. The summed E-state index contributed by atoms with van der Waals surface area (Å²) in [6.07, 6.45) is 3.72. The zero-order chi connectivity index (χ0) is 15.9. The van der Waals surface area contributed by atoms with E-state index in [0.717, 1.165) is 18.1 Å². The van der Waals surface area contributed by atoms with Crippen LogP contribution < -0.4 is 15.5 Å². The van der Waals surface area contributed by atoms with Gasteiger partial charge in [0, 0.05) is 38.0 Å². The van der Waals surface area contributed by atoms with Crippen molar-refractivity contribution in [2.75, 3.05) is 37.0 Å². The first-order chi connectivity index (χ1) is 10.6. The van der Waals surface area contributed by atoms with Crippen LogP contribution in [-0.4, -0.2) is 47.9 Å². The second kappa shape index (κ2) is 8.24. The number of aryl methyl sites for hydroxylation is 1. The summed E-state index contributed by atoms with van der Waals surface area (Å²) in [5, 5.41) is 6.63. The molecule has 1 aliphatic rings. The summed E-state index contributed by atoms with van der Waals surface area (Å²) in [4.78, 5) is 11.4. The zero-order valence-corrected chi connectivity index (χ0v) is 14.4. The summed E-state index contributed by atoms with van der Waals surface area (Å²) < 4.78 is 4.98. The van der Waals surface area contributed by atoms with E-state index in [1.54, 1.807) is 7.11 Å². The van der Waals surface area contributed by atoms with Crippen LogP contribution in [0.3, 0.4) is 0 Å². The minimum absolute atomic E-state index is 0.514. The fourth-order valence-corrected chi connectivity index (χ4v) is 2.80. The number of nitrogens with one attached hydrogen (secondary N) is 2. The fourth-order valence-electron chi connectivity index (χ4n) is 2.61. The molecule has 0 aromatic carbocycles. The molecular formula is C15H25N5OS. The number of methoxy groups -OCH3 is 1. The molecule has 6 nitrogen and oxygen atoms in total. The lowest BCUT2D eigenvalue weighted by Crippen LogP contribution is -2.38. The Bertz CT molecular complexity index is 511. The standard InChI is InChI=1S/C15H25N5OS/c1-11-10-13(20-8-5-4-6-12(20)2)18-14(17-11)19-15(22)16-7-9-21-3/h10,12H,4-9H2,1-3H3,(H2,16,17,18,19,22). The third kappa shape index (κ3) is 4.78. The maximum absolute atomic E-state index is 5.24. The molecule has 7 heteroatoms. The van der Waals surface area contributed by atoms with E-state index in [0.29, 0.717) is 30.3 Å². The highest BCUT2D eigenvalue weighted by Gasteiger charge is 2.20. The molecule has 2 rings (SSSR count). The van der Waals surface area contributed by atoms with E-state index in [2.05, 4.69) is 32.4 Å². The van der Waals surface area contributed by atoms with Gasteiger partial charge in [-0.3, -0.25) is 0 Å². The number of hydrogen-bond donors (Lipinski definition) is 2. The largest absolute Gasteiger partial charge is 0.383 e. The summed E-state index contributed by atoms with van der Waals surface area (Å²) in [6.45, 7) is 6.54. The molecule has 2 heterocycles. The number of piperidine rings is 1. The van der Waals surface area contributed by atoms with Crippen molar-refractivity contribution in [3.63, 3.8) is 0 Å². The van der Waals surface area contributed by atoms with E-state index in [-0.39, 0.29) is 0 Å². The normalized spacial score (nSPS) is 18.1. The summed E-state index contributed by atoms with van der Waals surface area (Å²) >= 11 is 5.24. The van der Waals surface area contributed by atoms with Crippen LogP contribution in [0.5, 0.6) is 0 Å². The maximum Gasteiger partial charge on any atom is 0.231 e. The van der Waals surface area contributed by atoms with E-state index in [9.17, 15) is 0 Å². The van der Waals surface area contributed by atoms with Crippen molar-refractivity contribution in [3.8, 4) is 0 Å². The number of aromatic nitrogens is 2. The monoisotopic (exact) mass is 323 g/mol. The maximum atomic E-state index is 5.24. The van der Waals surface area contributed by atoms with Gasteiger partial charge in [-0.05, 0) is 45.3 Å². The molecule has 1 aromatic heterocycles. The molecule has 1 fully saturated rings. The molecule has 1 atom stereocenters. The lowest BCUT2D eigenvalue weighted by molar-refractivity contribution is 0.204. The van der Waals surface area contributed by atoms with Gasteiger partial charge in [-0.15, -0.1) is 0 Å². The molecule has 1 aliphatic heterocycles. The van der Waals surface area contributed by atoms with Gasteiger partial charge in [0.2, 0.25) is 5.95 Å². The molecule has 122 valence electrons. The van der Waals surface area contributed by atoms with Crippen molar-refractivity contribution in [1.82, 2.24) is 15.3 Å². The lowest BCUT2D eigenvalue weighted by atomic mass is 10.0. The minimum atomic E-state index is 0.514. The Hall–Kier alpha value is -1.47. The molecule has 0 amide bonds. The van der Waals surface area contributed by atoms with Gasteiger partial charge in [-0.25, -0.2) is 4.98 Å². The van der Waals surface area contributed by atoms with Crippen molar-refractivity contribution >= 4 is 29.1 Å². The highest BCUT2D eigenvalue weighted by molar-refractivity contribution is 7.80. The molecule has 0 saturated carbocycles. The number of hydrogen-bond acceptors (Lipinski definition) is 5. The predicted octanol–water partition coefficient (Wildman–Crippen LogP) is 2.10. The van der Waals surface area contributed by atoms with Gasteiger partial charge in [0.1, 0.15) is 5.82 Å². The summed E-state index contributed by atoms with van der Waals surface area (Å²) in [5.74, 6) is 1.52. The van der Waals surface area contributed by atoms with Crippen LogP contribution in [0, 0.1) is 6.92 Å². The lowest BCUT2D eigenvalue weighted by Gasteiger charge is -2.34. The third-order valence-electron chi connectivity index (χ3n) is 3.76. The Kier molecular flexibility index (Phi) is 6.33. The van der Waals surface area contributed by atoms with Crippen LogP contribution in [0.15, 0.2) is 6.07 Å². The van der Waals surface area contributed by atoms with Gasteiger partial charge in [0.05, 0.1) is 6.61 Å². The van der Waals surface area contributed by atoms with Gasteiger partial charge >= 0.3 is 0 Å². The number of nitrogens with zero attached hydrogens (tertiary/aromatic N) is 3. The third-order valence-corrected chi connectivity index (χ3v) is 4.00. The second-order valence-electron chi connectivity index (χ2n) is 5.60. The second-order valence-corrected chi connectivity index (χ2v) is 6.01. The minimum Gasteiger partial charge on any atom is -0.383 e. The summed E-state index contributed by atoms with van der Waals surface area (Å²) in [7, 11) is 1.66. The number of rotatable bonds is 5. The molecular weight excluding hydrogens is 298 g/mol. The smallest absolute Gasteiger partial charge is 0.231 e. The van der Waals surface area contributed by atoms with Crippen molar-refractivity contribution in [1.29, 1.82) is 0 Å². The predicted molar refractivity (Wildman–Crippen MR) is 93.5 cm³/mol. The first-order valence-corrected chi connectivity index (χ1v) is 8.17. The van der Waals surface area contributed by atoms with Gasteiger partial charge < -0.3 is 20.3 Å². The Morgan fingerprint density at radius 2 is 2.27 bits per heavy atom. The molecule has 1 saturated heterocycles. The van der Waals surface area contributed by atoms with Crippen LogP contribution in [0.2, 0.25) is 0 Å². The zero-order valence-electron chi connectivity index (χ0n) is 13.6. The Morgan fingerprint density at radius 3 is 3.00 bits per heavy atom. The van der Waals surface area contributed by atoms with Crippen molar-refractivity contribution in [2.24, 2.45) is 0 Å². The first-order valence-electron chi connectivity index (χ1n) is 7.76. The van der Waals surface area contributed by atoms with E-state index in [1.165, 1.54) is 19.3 Å². The van der Waals surface area contributed by atoms with Gasteiger partial charge in [-0.1, -0.05) is 0 Å². The van der Waals surface area contributed by atoms with Crippen LogP contribution in [0.4, 0.5) is 11.8 Å². The van der Waals surface area contributed by atoms with E-state index >= 15 is 0 Å². The fraction of sp³-hybridized carbons (Fsp3) is 0.667. The van der Waals surface area contributed by atoms with Gasteiger partial charge in [0.15, 0.2) is 5.11 Å². The Labute approximate surface area is 137 Å². The molecule has 22 heavy (non-hydrogen) atoms. The van der Waals surface area contributed by atoms with E-state index in [1.807, 2.05) is 13.0 Å². The number of thiocarbonyl (C=S) groups is 1. The van der Waals surface area contributed by atoms with E-state index < -0.39 is 0 Å². The van der Waals surface area contributed by atoms with Crippen LogP contribution in [0.25, 0.3) is 0 Å². The van der Waals surface area contributed by atoms with Crippen molar-refractivity contribution in [3.05, 3.63) is 11.8 Å². The van der Waals surface area contributed by atoms with Gasteiger partial charge in [-0.2, -0.15) is 4.98 Å². The number of ether oxygens (including phenoxy) is 1. The van der Waals surface area contributed by atoms with Crippen molar-refractivity contribution in [2.45, 2.75) is 39.2 Å². The average Bonchev–Trinajstić information content (AvgIpc) is 2.47. The molecule has 1 unspecified atom stereocenters. The molecule has 0 spiro atoms. The topological polar surface area (TPSA) is 62.3 Å². The average molecular weight is 323 g/mol. The molecule has 0 aliphatic carbocycles. The highest BCUT2D eigenvalue weighted by atomic mass is 32.1. The van der Waals surface area contributed by atoms with Crippen LogP contribution >= 0.6 is 12.2 Å². The molecule has 2 N–H and O–H groups in total. The molecule has 0 radical (unpaired) electrons. The highest BCUT2D eigenvalue weighted by Crippen LogP contribution is 2.24. The van der Waals surface area contributed by atoms with Crippen LogP contribution in [0.1, 0.15) is 31.9 Å². The molecule has 0 bridgehead atoms. The summed E-state index contributed by atoms with van der Waals surface area (Å²) in [6, 6.07) is 2.55. The van der Waals surface area contributed by atoms with Crippen LogP contribution in [-0.2, 0) is 4.74 Å². The van der Waals surface area contributed by atoms with Crippen molar-refractivity contribution < 1.29 is 4.74 Å². The number of anilines is 2. The summed E-state index contributed by atoms with van der Waals surface area (Å²) in [5.41, 5.74) is 0.935. The van der Waals surface area contributed by atoms with E-state index in [4.69, 9.17) is 17.0 Å². The van der Waals surface area contributed by atoms with Gasteiger partial charge in [0.25, 0.3) is 0 Å². The SMILES string of the molecule is COCCNC(=S)Nc1nc(C)cc(N2CCCCC2C)n1. The molecule has 1 aromatic rings.